The van der Waals surface area contributed by atoms with Crippen LogP contribution < -0.4 is 5.32 Å². The fraction of sp³-hybridized carbons (Fsp3) is 0.474. The molecule has 5 heteroatoms. The van der Waals surface area contributed by atoms with E-state index < -0.39 is 0 Å². The van der Waals surface area contributed by atoms with Gasteiger partial charge >= 0.3 is 0 Å². The molecule has 0 bridgehead atoms. The van der Waals surface area contributed by atoms with Gasteiger partial charge in [-0.3, -0.25) is 0 Å². The predicted molar refractivity (Wildman–Crippen MR) is 92.7 cm³/mol. The molecule has 1 aromatic heterocycles. The zero-order valence-corrected chi connectivity index (χ0v) is 14.1. The Morgan fingerprint density at radius 3 is 2.50 bits per heavy atom. The average molecular weight is 327 g/mol. The predicted octanol–water partition coefficient (Wildman–Crippen LogP) is 2.33. The molecule has 0 radical (unpaired) electrons. The van der Waals surface area contributed by atoms with E-state index in [-0.39, 0.29) is 11.6 Å². The highest BCUT2D eigenvalue weighted by molar-refractivity contribution is 5.16. The SMILES string of the molecule is COC(CNC1(c2ncccn2)CCOCC1)Cc1ccccc1. The van der Waals surface area contributed by atoms with Crippen molar-refractivity contribution in [2.45, 2.75) is 30.9 Å². The van der Waals surface area contributed by atoms with Crippen LogP contribution in [-0.4, -0.2) is 42.9 Å². The van der Waals surface area contributed by atoms with Crippen LogP contribution in [0.3, 0.4) is 0 Å². The second-order valence-electron chi connectivity index (χ2n) is 6.20. The van der Waals surface area contributed by atoms with Crippen LogP contribution in [0.5, 0.6) is 0 Å². The first-order valence-corrected chi connectivity index (χ1v) is 8.49. The summed E-state index contributed by atoms with van der Waals surface area (Å²) in [6.45, 7) is 2.20. The summed E-state index contributed by atoms with van der Waals surface area (Å²) in [6.07, 6.45) is 6.35. The number of hydrogen-bond donors (Lipinski definition) is 1. The van der Waals surface area contributed by atoms with E-state index in [2.05, 4.69) is 39.6 Å². The molecule has 0 spiro atoms. The topological polar surface area (TPSA) is 56.3 Å². The molecule has 0 amide bonds. The standard InChI is InChI=1S/C19H25N3O2/c1-23-17(14-16-6-3-2-4-7-16)15-22-19(8-12-24-13-9-19)18-20-10-5-11-21-18/h2-7,10-11,17,22H,8-9,12-15H2,1H3. The third-order valence-electron chi connectivity index (χ3n) is 4.65. The number of nitrogens with one attached hydrogen (secondary N) is 1. The molecule has 1 aromatic carbocycles. The Balaban J connectivity index is 1.68. The first-order valence-electron chi connectivity index (χ1n) is 8.49. The summed E-state index contributed by atoms with van der Waals surface area (Å²) in [6, 6.07) is 12.3. The lowest BCUT2D eigenvalue weighted by molar-refractivity contribution is 0.0216. The Hall–Kier alpha value is -1.82. The van der Waals surface area contributed by atoms with Crippen molar-refractivity contribution in [3.05, 3.63) is 60.2 Å². The zero-order valence-electron chi connectivity index (χ0n) is 14.1. The monoisotopic (exact) mass is 327 g/mol. The van der Waals surface area contributed by atoms with Gasteiger partial charge in [-0.1, -0.05) is 30.3 Å². The summed E-state index contributed by atoms with van der Waals surface area (Å²) >= 11 is 0. The molecule has 2 heterocycles. The number of nitrogens with zero attached hydrogens (tertiary/aromatic N) is 2. The first kappa shape index (κ1) is 17.0. The van der Waals surface area contributed by atoms with Crippen molar-refractivity contribution in [2.75, 3.05) is 26.9 Å². The van der Waals surface area contributed by atoms with Gasteiger partial charge in [0.15, 0.2) is 0 Å². The maximum absolute atomic E-state index is 5.69. The lowest BCUT2D eigenvalue weighted by atomic mass is 9.88. The summed E-state index contributed by atoms with van der Waals surface area (Å²) in [7, 11) is 1.77. The van der Waals surface area contributed by atoms with Crippen molar-refractivity contribution >= 4 is 0 Å². The summed E-state index contributed by atoms with van der Waals surface area (Å²) in [5, 5.41) is 3.69. The van der Waals surface area contributed by atoms with E-state index in [0.717, 1.165) is 44.8 Å². The lowest BCUT2D eigenvalue weighted by Gasteiger charge is -2.37. The van der Waals surface area contributed by atoms with Crippen molar-refractivity contribution in [3.63, 3.8) is 0 Å². The maximum Gasteiger partial charge on any atom is 0.148 e. The van der Waals surface area contributed by atoms with Gasteiger partial charge in [-0.15, -0.1) is 0 Å². The Kier molecular flexibility index (Phi) is 5.91. The zero-order chi connectivity index (χ0) is 16.7. The normalized spacial score (nSPS) is 18.2. The van der Waals surface area contributed by atoms with E-state index in [0.29, 0.717) is 0 Å². The van der Waals surface area contributed by atoms with Crippen LogP contribution >= 0.6 is 0 Å². The van der Waals surface area contributed by atoms with E-state index in [1.807, 2.05) is 12.1 Å². The minimum Gasteiger partial charge on any atom is -0.381 e. The minimum atomic E-state index is -0.229. The van der Waals surface area contributed by atoms with Crippen molar-refractivity contribution in [3.8, 4) is 0 Å². The highest BCUT2D eigenvalue weighted by Gasteiger charge is 2.37. The molecule has 1 unspecified atom stereocenters. The molecule has 24 heavy (non-hydrogen) atoms. The Labute approximate surface area is 143 Å². The van der Waals surface area contributed by atoms with Crippen molar-refractivity contribution in [1.29, 1.82) is 0 Å². The Morgan fingerprint density at radius 2 is 1.83 bits per heavy atom. The fourth-order valence-corrected chi connectivity index (χ4v) is 3.17. The molecule has 128 valence electrons. The second kappa shape index (κ2) is 8.33. The third kappa shape index (κ3) is 4.17. The van der Waals surface area contributed by atoms with Crippen LogP contribution in [0.25, 0.3) is 0 Å². The van der Waals surface area contributed by atoms with Gasteiger partial charge in [-0.05, 0) is 30.9 Å². The molecule has 1 atom stereocenters. The van der Waals surface area contributed by atoms with Gasteiger partial charge in [0.25, 0.3) is 0 Å². The molecule has 1 aliphatic heterocycles. The van der Waals surface area contributed by atoms with Gasteiger partial charge in [-0.2, -0.15) is 0 Å². The van der Waals surface area contributed by atoms with E-state index >= 15 is 0 Å². The third-order valence-corrected chi connectivity index (χ3v) is 4.65. The van der Waals surface area contributed by atoms with E-state index in [9.17, 15) is 0 Å². The average Bonchev–Trinajstić information content (AvgIpc) is 2.67. The number of benzene rings is 1. The van der Waals surface area contributed by atoms with Gasteiger partial charge in [0, 0.05) is 39.3 Å². The summed E-state index contributed by atoms with van der Waals surface area (Å²) in [4.78, 5) is 8.98. The number of hydrogen-bond acceptors (Lipinski definition) is 5. The molecule has 1 saturated heterocycles. The quantitative estimate of drug-likeness (QED) is 0.846. The number of methoxy groups -OCH3 is 1. The van der Waals surface area contributed by atoms with Crippen molar-refractivity contribution in [1.82, 2.24) is 15.3 Å². The molecular formula is C19H25N3O2. The molecule has 2 aromatic rings. The van der Waals surface area contributed by atoms with Gasteiger partial charge in [-0.25, -0.2) is 9.97 Å². The van der Waals surface area contributed by atoms with E-state index in [1.165, 1.54) is 5.56 Å². The van der Waals surface area contributed by atoms with Gasteiger partial charge in [0.05, 0.1) is 11.6 Å². The summed E-state index contributed by atoms with van der Waals surface area (Å²) < 4.78 is 11.2. The minimum absolute atomic E-state index is 0.107. The van der Waals surface area contributed by atoms with Crippen LogP contribution in [0.2, 0.25) is 0 Å². The molecule has 5 nitrogen and oxygen atoms in total. The molecule has 1 N–H and O–H groups in total. The summed E-state index contributed by atoms with van der Waals surface area (Å²) in [5.74, 6) is 0.850. The van der Waals surface area contributed by atoms with Gasteiger partial charge in [0.2, 0.25) is 0 Å². The van der Waals surface area contributed by atoms with Crippen LogP contribution in [0, 0.1) is 0 Å². The van der Waals surface area contributed by atoms with E-state index in [1.54, 1.807) is 19.5 Å². The molecule has 0 aliphatic carbocycles. The number of aromatic nitrogens is 2. The van der Waals surface area contributed by atoms with Crippen LogP contribution in [-0.2, 0) is 21.4 Å². The number of rotatable bonds is 7. The first-order chi connectivity index (χ1) is 11.8. The van der Waals surface area contributed by atoms with Crippen LogP contribution in [0.1, 0.15) is 24.2 Å². The van der Waals surface area contributed by atoms with Crippen molar-refractivity contribution in [2.24, 2.45) is 0 Å². The highest BCUT2D eigenvalue weighted by Crippen LogP contribution is 2.29. The van der Waals surface area contributed by atoms with Gasteiger partial charge < -0.3 is 14.8 Å². The molecular weight excluding hydrogens is 302 g/mol. The molecule has 3 rings (SSSR count). The van der Waals surface area contributed by atoms with Crippen LogP contribution in [0.4, 0.5) is 0 Å². The lowest BCUT2D eigenvalue weighted by Crippen LogP contribution is -2.50. The smallest absolute Gasteiger partial charge is 0.148 e. The number of ether oxygens (including phenoxy) is 2. The second-order valence-corrected chi connectivity index (χ2v) is 6.20. The maximum atomic E-state index is 5.69. The van der Waals surface area contributed by atoms with Gasteiger partial charge in [0.1, 0.15) is 5.82 Å². The fourth-order valence-electron chi connectivity index (χ4n) is 3.17. The highest BCUT2D eigenvalue weighted by atomic mass is 16.5. The Bertz CT molecular complexity index is 601. The largest absolute Gasteiger partial charge is 0.381 e. The molecule has 1 fully saturated rings. The summed E-state index contributed by atoms with van der Waals surface area (Å²) in [5.41, 5.74) is 1.05. The van der Waals surface area contributed by atoms with Crippen molar-refractivity contribution < 1.29 is 9.47 Å². The molecule has 0 saturated carbocycles. The molecule has 1 aliphatic rings. The van der Waals surface area contributed by atoms with E-state index in [4.69, 9.17) is 9.47 Å². The van der Waals surface area contributed by atoms with Crippen LogP contribution in [0.15, 0.2) is 48.8 Å². The Morgan fingerprint density at radius 1 is 1.12 bits per heavy atom.